The minimum Gasteiger partial charge on any atom is -0.495 e. The van der Waals surface area contributed by atoms with E-state index in [9.17, 15) is 9.59 Å². The minimum atomic E-state index is -0.262. The monoisotopic (exact) mass is 387 g/mol. The number of amides is 2. The van der Waals surface area contributed by atoms with Crippen molar-refractivity contribution in [3.63, 3.8) is 0 Å². The highest BCUT2D eigenvalue weighted by molar-refractivity contribution is 7.10. The van der Waals surface area contributed by atoms with E-state index in [2.05, 4.69) is 10.2 Å². The summed E-state index contributed by atoms with van der Waals surface area (Å²) in [6.45, 7) is 4.32. The Hall–Kier alpha value is -2.54. The van der Waals surface area contributed by atoms with Crippen LogP contribution in [0.25, 0.3) is 0 Å². The van der Waals surface area contributed by atoms with Gasteiger partial charge < -0.3 is 19.9 Å². The Bertz CT molecular complexity index is 771. The van der Waals surface area contributed by atoms with Gasteiger partial charge in [0.2, 0.25) is 11.8 Å². The highest BCUT2D eigenvalue weighted by atomic mass is 32.1. The molecule has 2 aromatic rings. The summed E-state index contributed by atoms with van der Waals surface area (Å²) in [6, 6.07) is 11.6. The summed E-state index contributed by atoms with van der Waals surface area (Å²) in [4.78, 5) is 29.4. The summed E-state index contributed by atoms with van der Waals surface area (Å²) in [5, 5.41) is 4.86. The fourth-order valence-electron chi connectivity index (χ4n) is 3.35. The van der Waals surface area contributed by atoms with Gasteiger partial charge in [-0.05, 0) is 23.6 Å². The lowest BCUT2D eigenvalue weighted by Crippen LogP contribution is -2.49. The van der Waals surface area contributed by atoms with Gasteiger partial charge in [0, 0.05) is 38.0 Å². The first kappa shape index (κ1) is 19.2. The lowest BCUT2D eigenvalue weighted by molar-refractivity contribution is -0.132. The number of ether oxygens (including phenoxy) is 1. The molecule has 2 heterocycles. The summed E-state index contributed by atoms with van der Waals surface area (Å²) in [5.41, 5.74) is 1.06. The molecule has 1 fully saturated rings. The fourth-order valence-corrected chi connectivity index (χ4v) is 4.13. The van der Waals surface area contributed by atoms with Crippen LogP contribution in [0.4, 0.5) is 5.69 Å². The molecule has 1 aliphatic heterocycles. The van der Waals surface area contributed by atoms with E-state index in [0.717, 1.165) is 29.4 Å². The zero-order valence-electron chi connectivity index (χ0n) is 15.7. The number of nitrogens with zero attached hydrogens (tertiary/aromatic N) is 2. The number of hydrogen-bond donors (Lipinski definition) is 1. The average molecular weight is 388 g/mol. The van der Waals surface area contributed by atoms with E-state index in [1.807, 2.05) is 46.7 Å². The average Bonchev–Trinajstić information content (AvgIpc) is 3.22. The molecule has 0 aliphatic carbocycles. The van der Waals surface area contributed by atoms with Crippen molar-refractivity contribution in [3.05, 3.63) is 46.7 Å². The Morgan fingerprint density at radius 2 is 1.89 bits per heavy atom. The Morgan fingerprint density at radius 1 is 1.15 bits per heavy atom. The normalized spacial score (nSPS) is 15.3. The maximum atomic E-state index is 12.8. The number of piperazine rings is 1. The molecule has 3 rings (SSSR count). The quantitative estimate of drug-likeness (QED) is 0.828. The van der Waals surface area contributed by atoms with Gasteiger partial charge in [-0.2, -0.15) is 0 Å². The molecule has 1 aromatic heterocycles. The predicted octanol–water partition coefficient (Wildman–Crippen LogP) is 2.67. The number of rotatable bonds is 6. The zero-order chi connectivity index (χ0) is 19.2. The molecule has 1 atom stereocenters. The van der Waals surface area contributed by atoms with Gasteiger partial charge >= 0.3 is 0 Å². The molecular formula is C20H25N3O3S. The number of methoxy groups -OCH3 is 1. The topological polar surface area (TPSA) is 61.9 Å². The van der Waals surface area contributed by atoms with E-state index < -0.39 is 0 Å². The Labute approximate surface area is 163 Å². The third-order valence-corrected chi connectivity index (χ3v) is 5.69. The molecule has 144 valence electrons. The number of thiophene rings is 1. The van der Waals surface area contributed by atoms with Crippen LogP contribution in [0.2, 0.25) is 0 Å². The summed E-state index contributed by atoms with van der Waals surface area (Å²) >= 11 is 1.56. The first-order valence-corrected chi connectivity index (χ1v) is 9.92. The molecule has 1 aromatic carbocycles. The molecule has 7 heteroatoms. The number of nitrogens with one attached hydrogen (secondary N) is 1. The molecule has 0 bridgehead atoms. The van der Waals surface area contributed by atoms with Crippen molar-refractivity contribution in [1.82, 2.24) is 10.2 Å². The molecule has 0 spiro atoms. The van der Waals surface area contributed by atoms with Gasteiger partial charge in [0.25, 0.3) is 0 Å². The number of hydrogen-bond acceptors (Lipinski definition) is 5. The van der Waals surface area contributed by atoms with E-state index in [0.29, 0.717) is 13.1 Å². The van der Waals surface area contributed by atoms with Gasteiger partial charge in [0.15, 0.2) is 0 Å². The van der Waals surface area contributed by atoms with Crippen LogP contribution in [-0.4, -0.2) is 50.0 Å². The third kappa shape index (κ3) is 4.80. The first-order chi connectivity index (χ1) is 13.1. The van der Waals surface area contributed by atoms with Crippen LogP contribution in [0.3, 0.4) is 0 Å². The summed E-state index contributed by atoms with van der Waals surface area (Å²) in [7, 11) is 1.67. The Morgan fingerprint density at radius 3 is 2.52 bits per heavy atom. The van der Waals surface area contributed by atoms with Gasteiger partial charge in [-0.1, -0.05) is 18.2 Å². The number of para-hydroxylation sites is 2. The predicted molar refractivity (Wildman–Crippen MR) is 107 cm³/mol. The molecule has 2 amide bonds. The van der Waals surface area contributed by atoms with Gasteiger partial charge in [0.05, 0.1) is 25.3 Å². The molecule has 0 unspecified atom stereocenters. The lowest BCUT2D eigenvalue weighted by atomic mass is 10.1. The second-order valence-corrected chi connectivity index (χ2v) is 7.49. The largest absolute Gasteiger partial charge is 0.495 e. The maximum absolute atomic E-state index is 12.8. The van der Waals surface area contributed by atoms with Crippen molar-refractivity contribution in [2.45, 2.75) is 19.4 Å². The molecule has 0 radical (unpaired) electrons. The van der Waals surface area contributed by atoms with Crippen LogP contribution in [-0.2, 0) is 9.59 Å². The van der Waals surface area contributed by atoms with Gasteiger partial charge in [0.1, 0.15) is 5.75 Å². The third-order valence-electron chi connectivity index (χ3n) is 4.70. The zero-order valence-corrected chi connectivity index (χ0v) is 16.5. The highest BCUT2D eigenvalue weighted by Gasteiger charge is 2.26. The smallest absolute Gasteiger partial charge is 0.225 e. The Balaban J connectivity index is 1.60. The van der Waals surface area contributed by atoms with E-state index in [1.54, 1.807) is 18.4 Å². The summed E-state index contributed by atoms with van der Waals surface area (Å²) < 4.78 is 5.44. The fraction of sp³-hybridized carbons (Fsp3) is 0.400. The van der Waals surface area contributed by atoms with Crippen molar-refractivity contribution in [3.8, 4) is 5.75 Å². The molecule has 6 nitrogen and oxygen atoms in total. The maximum Gasteiger partial charge on any atom is 0.225 e. The van der Waals surface area contributed by atoms with E-state index >= 15 is 0 Å². The minimum absolute atomic E-state index is 0.0711. The van der Waals surface area contributed by atoms with Crippen LogP contribution < -0.4 is 15.0 Å². The molecule has 1 saturated heterocycles. The Kier molecular flexibility index (Phi) is 6.34. The van der Waals surface area contributed by atoms with Crippen molar-refractivity contribution < 1.29 is 14.3 Å². The van der Waals surface area contributed by atoms with Crippen molar-refractivity contribution >= 4 is 28.8 Å². The van der Waals surface area contributed by atoms with Crippen LogP contribution in [0.5, 0.6) is 5.75 Å². The lowest BCUT2D eigenvalue weighted by Gasteiger charge is -2.37. The molecule has 1 N–H and O–H groups in total. The van der Waals surface area contributed by atoms with Gasteiger partial charge in [-0.3, -0.25) is 9.59 Å². The second kappa shape index (κ2) is 8.90. The number of carbonyl (C=O) groups excluding carboxylic acids is 2. The second-order valence-electron chi connectivity index (χ2n) is 6.51. The van der Waals surface area contributed by atoms with Gasteiger partial charge in [-0.15, -0.1) is 11.3 Å². The van der Waals surface area contributed by atoms with Crippen LogP contribution in [0.1, 0.15) is 24.3 Å². The molecule has 1 aliphatic rings. The van der Waals surface area contributed by atoms with Crippen molar-refractivity contribution in [1.29, 1.82) is 0 Å². The SMILES string of the molecule is COc1ccccc1N1CCN(C(=O)C[C@@H](NC(C)=O)c2cccs2)CC1. The van der Waals surface area contributed by atoms with E-state index in [1.165, 1.54) is 6.92 Å². The standard InChI is InChI=1S/C20H25N3O3S/c1-15(24)21-16(19-8-5-13-27-19)14-20(25)23-11-9-22(10-12-23)17-6-3-4-7-18(17)26-2/h3-8,13,16H,9-12,14H2,1-2H3,(H,21,24)/t16-/m1/s1. The van der Waals surface area contributed by atoms with Crippen molar-refractivity contribution in [2.75, 3.05) is 38.2 Å². The molecule has 27 heavy (non-hydrogen) atoms. The van der Waals surface area contributed by atoms with E-state index in [4.69, 9.17) is 4.74 Å². The van der Waals surface area contributed by atoms with Gasteiger partial charge in [-0.25, -0.2) is 0 Å². The van der Waals surface area contributed by atoms with Crippen LogP contribution in [0.15, 0.2) is 41.8 Å². The molecule has 0 saturated carbocycles. The number of benzene rings is 1. The molecular weight excluding hydrogens is 362 g/mol. The first-order valence-electron chi connectivity index (χ1n) is 9.04. The van der Waals surface area contributed by atoms with Crippen LogP contribution >= 0.6 is 11.3 Å². The highest BCUT2D eigenvalue weighted by Crippen LogP contribution is 2.29. The number of anilines is 1. The number of carbonyl (C=O) groups is 2. The van der Waals surface area contributed by atoms with Crippen LogP contribution in [0, 0.1) is 0 Å². The van der Waals surface area contributed by atoms with E-state index in [-0.39, 0.29) is 24.3 Å². The summed E-state index contributed by atoms with van der Waals surface area (Å²) in [6.07, 6.45) is 0.286. The van der Waals surface area contributed by atoms with Crippen molar-refractivity contribution in [2.24, 2.45) is 0 Å². The summed E-state index contributed by atoms with van der Waals surface area (Å²) in [5.74, 6) is 0.796.